The van der Waals surface area contributed by atoms with E-state index in [2.05, 4.69) is 32.6 Å². The molecule has 0 saturated heterocycles. The molecule has 0 aromatic heterocycles. The molecule has 128 valence electrons. The maximum absolute atomic E-state index is 5.26. The minimum atomic E-state index is 0.739. The Kier molecular flexibility index (Phi) is 16.5. The van der Waals surface area contributed by atoms with E-state index in [9.17, 15) is 0 Å². The second-order valence-corrected chi connectivity index (χ2v) is 4.31. The van der Waals surface area contributed by atoms with E-state index in [1.807, 2.05) is 77.1 Å². The van der Waals surface area contributed by atoms with Crippen LogP contribution in [0.5, 0.6) is 5.75 Å². The van der Waals surface area contributed by atoms with Gasteiger partial charge in [0.15, 0.2) is 0 Å². The molecule has 0 saturated carbocycles. The Hall–Kier alpha value is -2.02. The van der Waals surface area contributed by atoms with Gasteiger partial charge in [0.1, 0.15) is 5.75 Å². The number of hydrogen-bond acceptors (Lipinski definition) is 1. The van der Waals surface area contributed by atoms with Crippen LogP contribution in [-0.2, 0) is 0 Å². The van der Waals surface area contributed by atoms with Gasteiger partial charge in [-0.25, -0.2) is 0 Å². The van der Waals surface area contributed by atoms with Crippen molar-refractivity contribution in [3.8, 4) is 5.75 Å². The lowest BCUT2D eigenvalue weighted by molar-refractivity contribution is 0.340. The van der Waals surface area contributed by atoms with E-state index in [-0.39, 0.29) is 0 Å². The fraction of sp³-hybridized carbons (Fsp3) is 0.364. The predicted octanol–water partition coefficient (Wildman–Crippen LogP) is 7.08. The molecular formula is C22H34O. The first-order chi connectivity index (χ1) is 11.2. The van der Waals surface area contributed by atoms with Crippen molar-refractivity contribution in [2.75, 3.05) is 6.61 Å². The molecule has 2 aromatic carbocycles. The lowest BCUT2D eigenvalue weighted by Gasteiger charge is -2.01. The molecule has 0 radical (unpaired) electrons. The Morgan fingerprint density at radius 3 is 1.78 bits per heavy atom. The third-order valence-corrected chi connectivity index (χ3v) is 2.74. The van der Waals surface area contributed by atoms with Crippen LogP contribution in [0, 0.1) is 13.8 Å². The van der Waals surface area contributed by atoms with Gasteiger partial charge in [0.25, 0.3) is 0 Å². The van der Waals surface area contributed by atoms with Crippen molar-refractivity contribution < 1.29 is 4.74 Å². The van der Waals surface area contributed by atoms with E-state index in [0.29, 0.717) is 0 Å². The summed E-state index contributed by atoms with van der Waals surface area (Å²) in [7, 11) is 0. The third kappa shape index (κ3) is 11.2. The largest absolute Gasteiger partial charge is 0.494 e. The fourth-order valence-corrected chi connectivity index (χ4v) is 1.62. The molecule has 0 aliphatic heterocycles. The predicted molar refractivity (Wildman–Crippen MR) is 106 cm³/mol. The minimum Gasteiger partial charge on any atom is -0.494 e. The van der Waals surface area contributed by atoms with Crippen molar-refractivity contribution in [3.63, 3.8) is 0 Å². The molecule has 0 atom stereocenters. The smallest absolute Gasteiger partial charge is 0.119 e. The van der Waals surface area contributed by atoms with Crippen LogP contribution in [0.3, 0.4) is 0 Å². The average molecular weight is 315 g/mol. The standard InChI is InChI=1S/C9H12O.C9H10.2C2H6/c1-3-10-9-6-4-8(2)5-7-9;1-3-9-7-5-4-6-8(9)2;2*1-2/h4-7H,3H2,1-2H3;3-7H,1H2,2H3;2*1-2H3. The molecule has 0 amide bonds. The van der Waals surface area contributed by atoms with Crippen LogP contribution >= 0.6 is 0 Å². The summed E-state index contributed by atoms with van der Waals surface area (Å²) in [5.74, 6) is 0.952. The highest BCUT2D eigenvalue weighted by Gasteiger charge is 1.88. The summed E-state index contributed by atoms with van der Waals surface area (Å²) in [6.45, 7) is 18.6. The summed E-state index contributed by atoms with van der Waals surface area (Å²) in [5.41, 5.74) is 3.77. The molecule has 0 aliphatic rings. The molecule has 0 N–H and O–H groups in total. The van der Waals surface area contributed by atoms with E-state index in [0.717, 1.165) is 12.4 Å². The minimum absolute atomic E-state index is 0.739. The Morgan fingerprint density at radius 1 is 0.870 bits per heavy atom. The lowest BCUT2D eigenvalue weighted by atomic mass is 10.1. The molecule has 0 spiro atoms. The van der Waals surface area contributed by atoms with Gasteiger partial charge >= 0.3 is 0 Å². The molecule has 0 unspecified atom stereocenters. The molecule has 2 aromatic rings. The molecule has 0 fully saturated rings. The van der Waals surface area contributed by atoms with Gasteiger partial charge in [-0.05, 0) is 44.0 Å². The Balaban J connectivity index is 0. The van der Waals surface area contributed by atoms with Gasteiger partial charge in [-0.2, -0.15) is 0 Å². The summed E-state index contributed by atoms with van der Waals surface area (Å²) in [6, 6.07) is 16.2. The number of hydrogen-bond donors (Lipinski definition) is 0. The zero-order chi connectivity index (χ0) is 18.1. The van der Waals surface area contributed by atoms with Gasteiger partial charge in [-0.15, -0.1) is 0 Å². The van der Waals surface area contributed by atoms with Crippen molar-refractivity contribution in [1.82, 2.24) is 0 Å². The first kappa shape index (κ1) is 23.2. The Labute approximate surface area is 144 Å². The monoisotopic (exact) mass is 314 g/mol. The summed E-state index contributed by atoms with van der Waals surface area (Å²) in [6.07, 6.45) is 1.87. The van der Waals surface area contributed by atoms with Crippen molar-refractivity contribution in [3.05, 3.63) is 71.8 Å². The van der Waals surface area contributed by atoms with Gasteiger partial charge in [-0.3, -0.25) is 0 Å². The van der Waals surface area contributed by atoms with Crippen LogP contribution in [0.2, 0.25) is 0 Å². The van der Waals surface area contributed by atoms with Gasteiger partial charge < -0.3 is 4.74 Å². The Bertz CT molecular complexity index is 498. The molecule has 1 nitrogen and oxygen atoms in total. The normalized spacial score (nSPS) is 8.13. The average Bonchev–Trinajstić information content (AvgIpc) is 2.62. The molecular weight excluding hydrogens is 280 g/mol. The van der Waals surface area contributed by atoms with Gasteiger partial charge in [0, 0.05) is 0 Å². The lowest BCUT2D eigenvalue weighted by Crippen LogP contribution is -1.90. The number of rotatable bonds is 3. The van der Waals surface area contributed by atoms with Gasteiger partial charge in [-0.1, -0.05) is 82.3 Å². The van der Waals surface area contributed by atoms with Crippen LogP contribution in [0.15, 0.2) is 55.1 Å². The van der Waals surface area contributed by atoms with E-state index in [4.69, 9.17) is 4.74 Å². The first-order valence-electron chi connectivity index (χ1n) is 8.55. The fourth-order valence-electron chi connectivity index (χ4n) is 1.62. The second kappa shape index (κ2) is 16.4. The van der Waals surface area contributed by atoms with Crippen LogP contribution in [-0.4, -0.2) is 6.61 Å². The van der Waals surface area contributed by atoms with Gasteiger partial charge in [0.2, 0.25) is 0 Å². The molecule has 23 heavy (non-hydrogen) atoms. The third-order valence-electron chi connectivity index (χ3n) is 2.74. The van der Waals surface area contributed by atoms with Gasteiger partial charge in [0.05, 0.1) is 6.61 Å². The topological polar surface area (TPSA) is 9.23 Å². The molecule has 0 aliphatic carbocycles. The summed E-state index contributed by atoms with van der Waals surface area (Å²) >= 11 is 0. The van der Waals surface area contributed by atoms with Crippen molar-refractivity contribution >= 4 is 6.08 Å². The number of ether oxygens (including phenoxy) is 1. The summed E-state index contributed by atoms with van der Waals surface area (Å²) in [4.78, 5) is 0. The van der Waals surface area contributed by atoms with Crippen LogP contribution in [0.4, 0.5) is 0 Å². The number of benzene rings is 2. The molecule has 2 rings (SSSR count). The first-order valence-corrected chi connectivity index (χ1v) is 8.55. The quantitative estimate of drug-likeness (QED) is 0.588. The Morgan fingerprint density at radius 2 is 1.39 bits per heavy atom. The molecule has 1 heteroatoms. The maximum Gasteiger partial charge on any atom is 0.119 e. The van der Waals surface area contributed by atoms with E-state index in [1.165, 1.54) is 16.7 Å². The van der Waals surface area contributed by atoms with E-state index in [1.54, 1.807) is 0 Å². The highest BCUT2D eigenvalue weighted by molar-refractivity contribution is 5.50. The highest BCUT2D eigenvalue weighted by Crippen LogP contribution is 2.10. The SMILES string of the molecule is C=Cc1ccccc1C.CC.CC.CCOc1ccc(C)cc1. The van der Waals surface area contributed by atoms with E-state index >= 15 is 0 Å². The van der Waals surface area contributed by atoms with Crippen LogP contribution in [0.1, 0.15) is 51.3 Å². The van der Waals surface area contributed by atoms with Crippen molar-refractivity contribution in [1.29, 1.82) is 0 Å². The van der Waals surface area contributed by atoms with Crippen LogP contribution in [0.25, 0.3) is 6.08 Å². The van der Waals surface area contributed by atoms with Crippen molar-refractivity contribution in [2.24, 2.45) is 0 Å². The van der Waals surface area contributed by atoms with Crippen molar-refractivity contribution in [2.45, 2.75) is 48.5 Å². The summed E-state index contributed by atoms with van der Waals surface area (Å²) < 4.78 is 5.26. The second-order valence-electron chi connectivity index (χ2n) is 4.31. The maximum atomic E-state index is 5.26. The molecule has 0 bridgehead atoms. The van der Waals surface area contributed by atoms with E-state index < -0.39 is 0 Å². The zero-order valence-corrected chi connectivity index (χ0v) is 16.0. The molecule has 0 heterocycles. The van der Waals surface area contributed by atoms with Crippen LogP contribution < -0.4 is 4.74 Å². The summed E-state index contributed by atoms with van der Waals surface area (Å²) in [5, 5.41) is 0. The zero-order valence-electron chi connectivity index (χ0n) is 16.0. The highest BCUT2D eigenvalue weighted by atomic mass is 16.5. The number of aryl methyl sites for hydroxylation is 2.